The molecule has 0 saturated heterocycles. The number of fused-ring (bicyclic) bond motifs is 2. The molecular formula is C20H20N2O. The SMILES string of the molecule is CCc1cc(N[C@H]2c3ccccc3C[C@H]2O)c2ccccc2n1. The first kappa shape index (κ1) is 14.2. The van der Waals surface area contributed by atoms with E-state index in [1.54, 1.807) is 0 Å². The van der Waals surface area contributed by atoms with Gasteiger partial charge in [-0.1, -0.05) is 49.4 Å². The quantitative estimate of drug-likeness (QED) is 0.772. The summed E-state index contributed by atoms with van der Waals surface area (Å²) in [4.78, 5) is 4.69. The molecule has 0 aliphatic heterocycles. The largest absolute Gasteiger partial charge is 0.390 e. The normalized spacial score (nSPS) is 19.7. The minimum atomic E-state index is -0.399. The van der Waals surface area contributed by atoms with E-state index >= 15 is 0 Å². The molecule has 0 spiro atoms. The number of benzene rings is 2. The van der Waals surface area contributed by atoms with Gasteiger partial charge in [0.15, 0.2) is 0 Å². The Bertz CT molecular complexity index is 859. The van der Waals surface area contributed by atoms with Crippen molar-refractivity contribution in [2.24, 2.45) is 0 Å². The summed E-state index contributed by atoms with van der Waals surface area (Å²) < 4.78 is 0. The topological polar surface area (TPSA) is 45.1 Å². The molecule has 3 nitrogen and oxygen atoms in total. The Hall–Kier alpha value is -2.39. The zero-order chi connectivity index (χ0) is 15.8. The van der Waals surface area contributed by atoms with E-state index in [0.29, 0.717) is 6.42 Å². The fourth-order valence-electron chi connectivity index (χ4n) is 3.45. The Balaban J connectivity index is 1.78. The molecule has 0 amide bonds. The van der Waals surface area contributed by atoms with E-state index in [-0.39, 0.29) is 6.04 Å². The van der Waals surface area contributed by atoms with Gasteiger partial charge in [-0.3, -0.25) is 4.98 Å². The average Bonchev–Trinajstić information content (AvgIpc) is 2.90. The second-order valence-electron chi connectivity index (χ2n) is 6.12. The summed E-state index contributed by atoms with van der Waals surface area (Å²) >= 11 is 0. The average molecular weight is 304 g/mol. The molecule has 0 fully saturated rings. The van der Waals surface area contributed by atoms with Gasteiger partial charge in [0.25, 0.3) is 0 Å². The summed E-state index contributed by atoms with van der Waals surface area (Å²) in [5.41, 5.74) is 5.53. The number of anilines is 1. The molecule has 1 aromatic heterocycles. The van der Waals surface area contributed by atoms with Crippen LogP contribution < -0.4 is 5.32 Å². The third-order valence-electron chi connectivity index (χ3n) is 4.65. The molecule has 0 radical (unpaired) electrons. The lowest BCUT2D eigenvalue weighted by Crippen LogP contribution is -2.21. The van der Waals surface area contributed by atoms with Crippen LogP contribution in [0.15, 0.2) is 54.6 Å². The van der Waals surface area contributed by atoms with Gasteiger partial charge in [0.05, 0.1) is 17.7 Å². The van der Waals surface area contributed by atoms with E-state index in [1.165, 1.54) is 11.1 Å². The van der Waals surface area contributed by atoms with Gasteiger partial charge in [0.1, 0.15) is 0 Å². The molecule has 1 heterocycles. The molecule has 23 heavy (non-hydrogen) atoms. The molecule has 116 valence electrons. The van der Waals surface area contributed by atoms with Crippen LogP contribution in [-0.2, 0) is 12.8 Å². The predicted octanol–water partition coefficient (Wildman–Crippen LogP) is 3.87. The summed E-state index contributed by atoms with van der Waals surface area (Å²) in [5.74, 6) is 0. The van der Waals surface area contributed by atoms with Crippen LogP contribution in [0.5, 0.6) is 0 Å². The van der Waals surface area contributed by atoms with Crippen molar-refractivity contribution in [2.45, 2.75) is 31.9 Å². The van der Waals surface area contributed by atoms with Crippen molar-refractivity contribution in [1.82, 2.24) is 4.98 Å². The van der Waals surface area contributed by atoms with Crippen molar-refractivity contribution >= 4 is 16.6 Å². The smallest absolute Gasteiger partial charge is 0.0823 e. The molecule has 4 rings (SSSR count). The predicted molar refractivity (Wildman–Crippen MR) is 93.6 cm³/mol. The van der Waals surface area contributed by atoms with Crippen LogP contribution in [-0.4, -0.2) is 16.2 Å². The molecule has 2 N–H and O–H groups in total. The summed E-state index contributed by atoms with van der Waals surface area (Å²) in [7, 11) is 0. The van der Waals surface area contributed by atoms with Crippen molar-refractivity contribution in [3.05, 3.63) is 71.4 Å². The molecule has 1 aliphatic carbocycles. The molecule has 0 unspecified atom stereocenters. The molecule has 2 atom stereocenters. The number of rotatable bonds is 3. The zero-order valence-corrected chi connectivity index (χ0v) is 13.2. The van der Waals surface area contributed by atoms with Crippen molar-refractivity contribution in [2.75, 3.05) is 5.32 Å². The number of pyridine rings is 1. The zero-order valence-electron chi connectivity index (χ0n) is 13.2. The van der Waals surface area contributed by atoms with E-state index in [4.69, 9.17) is 0 Å². The van der Waals surface area contributed by atoms with Gasteiger partial charge in [-0.05, 0) is 29.7 Å². The molecule has 3 aromatic rings. The van der Waals surface area contributed by atoms with E-state index in [0.717, 1.165) is 28.7 Å². The molecule has 2 aromatic carbocycles. The number of aromatic nitrogens is 1. The lowest BCUT2D eigenvalue weighted by atomic mass is 10.1. The Kier molecular flexibility index (Phi) is 3.50. The molecule has 1 aliphatic rings. The summed E-state index contributed by atoms with van der Waals surface area (Å²) in [6.45, 7) is 2.11. The van der Waals surface area contributed by atoms with Crippen LogP contribution in [0.3, 0.4) is 0 Å². The minimum Gasteiger partial charge on any atom is -0.390 e. The third-order valence-corrected chi connectivity index (χ3v) is 4.65. The Morgan fingerprint density at radius 2 is 1.91 bits per heavy atom. The number of nitrogens with zero attached hydrogens (tertiary/aromatic N) is 1. The van der Waals surface area contributed by atoms with Gasteiger partial charge < -0.3 is 10.4 Å². The summed E-state index contributed by atoms with van der Waals surface area (Å²) in [6, 6.07) is 18.5. The standard InChI is InChI=1S/C20H20N2O/c1-2-14-12-18(16-9-5-6-10-17(16)21-14)22-20-15-8-4-3-7-13(15)11-19(20)23/h3-10,12,19-20,23H,2,11H2,1H3,(H,21,22)/t19-,20+/m1/s1. The maximum atomic E-state index is 10.5. The number of para-hydroxylation sites is 1. The molecule has 0 bridgehead atoms. The van der Waals surface area contributed by atoms with E-state index < -0.39 is 6.10 Å². The van der Waals surface area contributed by atoms with Gasteiger partial charge in [0.2, 0.25) is 0 Å². The minimum absolute atomic E-state index is 0.0679. The van der Waals surface area contributed by atoms with Gasteiger partial charge in [-0.2, -0.15) is 0 Å². The number of hydrogen-bond acceptors (Lipinski definition) is 3. The monoisotopic (exact) mass is 304 g/mol. The van der Waals surface area contributed by atoms with Gasteiger partial charge in [0, 0.05) is 23.2 Å². The Labute approximate surface area is 136 Å². The number of aliphatic hydroxyl groups excluding tert-OH is 1. The lowest BCUT2D eigenvalue weighted by Gasteiger charge is -2.21. The number of hydrogen-bond donors (Lipinski definition) is 2. The van der Waals surface area contributed by atoms with Crippen LogP contribution >= 0.6 is 0 Å². The second-order valence-corrected chi connectivity index (χ2v) is 6.12. The first-order valence-electron chi connectivity index (χ1n) is 8.17. The highest BCUT2D eigenvalue weighted by Crippen LogP contribution is 2.36. The fourth-order valence-corrected chi connectivity index (χ4v) is 3.45. The third kappa shape index (κ3) is 2.47. The van der Waals surface area contributed by atoms with E-state index in [2.05, 4.69) is 41.5 Å². The van der Waals surface area contributed by atoms with Crippen molar-refractivity contribution in [3.8, 4) is 0 Å². The summed E-state index contributed by atoms with van der Waals surface area (Å²) in [5, 5.41) is 15.2. The second kappa shape index (κ2) is 5.67. The highest BCUT2D eigenvalue weighted by molar-refractivity contribution is 5.91. The van der Waals surface area contributed by atoms with Crippen LogP contribution in [0.25, 0.3) is 10.9 Å². The van der Waals surface area contributed by atoms with Crippen molar-refractivity contribution in [1.29, 1.82) is 0 Å². The fraction of sp³-hybridized carbons (Fsp3) is 0.250. The first-order valence-corrected chi connectivity index (χ1v) is 8.17. The van der Waals surface area contributed by atoms with Crippen LogP contribution in [0.4, 0.5) is 5.69 Å². The first-order chi connectivity index (χ1) is 11.3. The number of aliphatic hydroxyl groups is 1. The number of nitrogens with one attached hydrogen (secondary N) is 1. The maximum absolute atomic E-state index is 10.5. The van der Waals surface area contributed by atoms with E-state index in [1.807, 2.05) is 30.3 Å². The lowest BCUT2D eigenvalue weighted by molar-refractivity contribution is 0.166. The Morgan fingerprint density at radius 1 is 1.13 bits per heavy atom. The van der Waals surface area contributed by atoms with Crippen molar-refractivity contribution in [3.63, 3.8) is 0 Å². The highest BCUT2D eigenvalue weighted by atomic mass is 16.3. The van der Waals surface area contributed by atoms with Crippen LogP contribution in [0.1, 0.15) is 29.8 Å². The Morgan fingerprint density at radius 3 is 2.78 bits per heavy atom. The van der Waals surface area contributed by atoms with Crippen LogP contribution in [0, 0.1) is 0 Å². The highest BCUT2D eigenvalue weighted by Gasteiger charge is 2.30. The van der Waals surface area contributed by atoms with Gasteiger partial charge >= 0.3 is 0 Å². The van der Waals surface area contributed by atoms with Crippen LogP contribution in [0.2, 0.25) is 0 Å². The van der Waals surface area contributed by atoms with Gasteiger partial charge in [-0.15, -0.1) is 0 Å². The van der Waals surface area contributed by atoms with E-state index in [9.17, 15) is 5.11 Å². The molecule has 0 saturated carbocycles. The number of aryl methyl sites for hydroxylation is 1. The maximum Gasteiger partial charge on any atom is 0.0823 e. The molecular weight excluding hydrogens is 284 g/mol. The summed E-state index contributed by atoms with van der Waals surface area (Å²) in [6.07, 6.45) is 1.20. The molecule has 3 heteroatoms. The van der Waals surface area contributed by atoms with Gasteiger partial charge in [-0.25, -0.2) is 0 Å². The van der Waals surface area contributed by atoms with Crippen molar-refractivity contribution < 1.29 is 5.11 Å².